The van der Waals surface area contributed by atoms with Gasteiger partial charge in [-0.1, -0.05) is 34.1 Å². The molecule has 18 heavy (non-hydrogen) atoms. The average Bonchev–Trinajstić information content (AvgIpc) is 2.73. The molecule has 1 aromatic heterocycles. The molecule has 0 amide bonds. The summed E-state index contributed by atoms with van der Waals surface area (Å²) in [7, 11) is 0. The first-order valence-electron chi connectivity index (χ1n) is 6.66. The van der Waals surface area contributed by atoms with Gasteiger partial charge >= 0.3 is 5.97 Å². The minimum atomic E-state index is -0.413. The van der Waals surface area contributed by atoms with Gasteiger partial charge in [0, 0.05) is 6.42 Å². The summed E-state index contributed by atoms with van der Waals surface area (Å²) in [5, 5.41) is 0. The van der Waals surface area contributed by atoms with Crippen molar-refractivity contribution >= 4 is 5.97 Å². The molecular weight excluding hydrogens is 230 g/mol. The van der Waals surface area contributed by atoms with Gasteiger partial charge in [0.15, 0.2) is 5.89 Å². The first-order valence-corrected chi connectivity index (χ1v) is 6.66. The highest BCUT2D eigenvalue weighted by Gasteiger charge is 2.23. The Kier molecular flexibility index (Phi) is 5.38. The number of hydrogen-bond donors (Lipinski definition) is 0. The predicted octanol–water partition coefficient (Wildman–Crippen LogP) is 3.56. The molecule has 0 N–H and O–H groups in total. The quantitative estimate of drug-likeness (QED) is 0.727. The Bertz CT molecular complexity index is 396. The summed E-state index contributed by atoms with van der Waals surface area (Å²) < 4.78 is 10.6. The lowest BCUT2D eigenvalue weighted by Gasteiger charge is -2.03. The summed E-state index contributed by atoms with van der Waals surface area (Å²) in [6.07, 6.45) is 1.82. The van der Waals surface area contributed by atoms with Crippen LogP contribution in [0.15, 0.2) is 4.42 Å². The molecule has 1 rings (SSSR count). The second kappa shape index (κ2) is 6.57. The fraction of sp³-hybridized carbons (Fsp3) is 0.714. The van der Waals surface area contributed by atoms with E-state index < -0.39 is 5.97 Å². The monoisotopic (exact) mass is 253 g/mol. The van der Waals surface area contributed by atoms with E-state index in [4.69, 9.17) is 9.15 Å². The molecule has 1 unspecified atom stereocenters. The molecule has 102 valence electrons. The van der Waals surface area contributed by atoms with Gasteiger partial charge in [0.2, 0.25) is 5.76 Å². The fourth-order valence-electron chi connectivity index (χ4n) is 1.64. The van der Waals surface area contributed by atoms with Crippen LogP contribution in [0, 0.1) is 5.92 Å². The molecular formula is C14H23NO3. The Balaban J connectivity index is 2.97. The zero-order valence-electron chi connectivity index (χ0n) is 11.9. The highest BCUT2D eigenvalue weighted by atomic mass is 16.5. The van der Waals surface area contributed by atoms with Crippen LogP contribution in [0.3, 0.4) is 0 Å². The third-order valence-electron chi connectivity index (χ3n) is 2.93. The zero-order chi connectivity index (χ0) is 13.7. The molecule has 0 fully saturated rings. The highest BCUT2D eigenvalue weighted by molar-refractivity contribution is 5.87. The van der Waals surface area contributed by atoms with E-state index in [1.807, 2.05) is 13.8 Å². The minimum absolute atomic E-state index is 0.152. The molecule has 0 aliphatic heterocycles. The van der Waals surface area contributed by atoms with Crippen molar-refractivity contribution in [2.24, 2.45) is 5.92 Å². The molecule has 4 heteroatoms. The lowest BCUT2D eigenvalue weighted by molar-refractivity contribution is 0.0485. The van der Waals surface area contributed by atoms with E-state index in [1.54, 1.807) is 6.92 Å². The van der Waals surface area contributed by atoms with Gasteiger partial charge in [0.1, 0.15) is 0 Å². The van der Waals surface area contributed by atoms with Crippen LogP contribution < -0.4 is 0 Å². The molecule has 0 aromatic carbocycles. The Morgan fingerprint density at radius 1 is 1.33 bits per heavy atom. The summed E-state index contributed by atoms with van der Waals surface area (Å²) in [4.78, 5) is 16.2. The van der Waals surface area contributed by atoms with Gasteiger partial charge < -0.3 is 9.15 Å². The van der Waals surface area contributed by atoms with Crippen molar-refractivity contribution in [2.75, 3.05) is 6.61 Å². The van der Waals surface area contributed by atoms with Gasteiger partial charge in [-0.2, -0.15) is 0 Å². The number of carbonyl (C=O) groups is 1. The van der Waals surface area contributed by atoms with Crippen LogP contribution in [0.2, 0.25) is 0 Å². The summed E-state index contributed by atoms with van der Waals surface area (Å²) in [6, 6.07) is 0. The summed E-state index contributed by atoms with van der Waals surface area (Å²) >= 11 is 0. The van der Waals surface area contributed by atoms with Crippen molar-refractivity contribution in [3.8, 4) is 0 Å². The number of oxazole rings is 1. The lowest BCUT2D eigenvalue weighted by atomic mass is 10.1. The molecule has 1 heterocycles. The van der Waals surface area contributed by atoms with Crippen LogP contribution in [0.4, 0.5) is 0 Å². The number of carbonyl (C=O) groups excluding carboxylic acids is 1. The van der Waals surface area contributed by atoms with Crippen LogP contribution in [0.1, 0.15) is 69.1 Å². The molecule has 0 bridgehead atoms. The van der Waals surface area contributed by atoms with Crippen molar-refractivity contribution in [3.63, 3.8) is 0 Å². The lowest BCUT2D eigenvalue weighted by Crippen LogP contribution is -2.07. The van der Waals surface area contributed by atoms with Gasteiger partial charge in [-0.05, 0) is 18.8 Å². The summed E-state index contributed by atoms with van der Waals surface area (Å²) in [6.45, 7) is 10.4. The minimum Gasteiger partial charge on any atom is -0.460 e. The van der Waals surface area contributed by atoms with Crippen molar-refractivity contribution in [1.82, 2.24) is 4.98 Å². The van der Waals surface area contributed by atoms with E-state index in [2.05, 4.69) is 18.8 Å². The number of rotatable bonds is 6. The van der Waals surface area contributed by atoms with Gasteiger partial charge in [-0.25, -0.2) is 9.78 Å². The number of aromatic nitrogens is 1. The molecule has 0 aliphatic rings. The maximum Gasteiger partial charge on any atom is 0.376 e. The first kappa shape index (κ1) is 14.7. The highest BCUT2D eigenvalue weighted by Crippen LogP contribution is 2.23. The third-order valence-corrected chi connectivity index (χ3v) is 2.93. The molecule has 4 nitrogen and oxygen atoms in total. The maximum atomic E-state index is 11.8. The second-order valence-electron chi connectivity index (χ2n) is 4.91. The van der Waals surface area contributed by atoms with Crippen molar-refractivity contribution in [3.05, 3.63) is 17.3 Å². The van der Waals surface area contributed by atoms with Gasteiger partial charge in [0.25, 0.3) is 0 Å². The SMILES string of the molecule is CCOC(=O)c1oc(CC(C)CC)nc1C(C)C. The summed E-state index contributed by atoms with van der Waals surface area (Å²) in [5.74, 6) is 1.14. The van der Waals surface area contributed by atoms with E-state index >= 15 is 0 Å². The van der Waals surface area contributed by atoms with E-state index in [1.165, 1.54) is 0 Å². The van der Waals surface area contributed by atoms with Crippen LogP contribution in [0.5, 0.6) is 0 Å². The smallest absolute Gasteiger partial charge is 0.376 e. The van der Waals surface area contributed by atoms with Crippen molar-refractivity contribution in [1.29, 1.82) is 0 Å². The molecule has 0 spiro atoms. The number of ether oxygens (including phenoxy) is 1. The Morgan fingerprint density at radius 3 is 2.50 bits per heavy atom. The second-order valence-corrected chi connectivity index (χ2v) is 4.91. The zero-order valence-corrected chi connectivity index (χ0v) is 11.9. The predicted molar refractivity (Wildman–Crippen MR) is 69.7 cm³/mol. The molecule has 0 saturated carbocycles. The van der Waals surface area contributed by atoms with Crippen LogP contribution in [-0.2, 0) is 11.2 Å². The third kappa shape index (κ3) is 3.59. The van der Waals surface area contributed by atoms with Gasteiger partial charge in [0.05, 0.1) is 12.3 Å². The van der Waals surface area contributed by atoms with Crippen molar-refractivity contribution < 1.29 is 13.9 Å². The number of hydrogen-bond acceptors (Lipinski definition) is 4. The van der Waals surface area contributed by atoms with E-state index in [0.29, 0.717) is 24.1 Å². The van der Waals surface area contributed by atoms with E-state index in [-0.39, 0.29) is 11.7 Å². The normalized spacial score (nSPS) is 12.8. The van der Waals surface area contributed by atoms with Gasteiger partial charge in [-0.3, -0.25) is 0 Å². The molecule has 1 atom stereocenters. The Hall–Kier alpha value is -1.32. The number of nitrogens with zero attached hydrogens (tertiary/aromatic N) is 1. The Morgan fingerprint density at radius 2 is 2.00 bits per heavy atom. The molecule has 1 aromatic rings. The number of esters is 1. The first-order chi connectivity index (χ1) is 8.49. The topological polar surface area (TPSA) is 52.3 Å². The van der Waals surface area contributed by atoms with Crippen LogP contribution in [0.25, 0.3) is 0 Å². The Labute approximate surface area is 109 Å². The summed E-state index contributed by atoms with van der Waals surface area (Å²) in [5.41, 5.74) is 0.701. The molecule has 0 aliphatic carbocycles. The largest absolute Gasteiger partial charge is 0.460 e. The maximum absolute atomic E-state index is 11.8. The fourth-order valence-corrected chi connectivity index (χ4v) is 1.64. The van der Waals surface area contributed by atoms with E-state index in [9.17, 15) is 4.79 Å². The average molecular weight is 253 g/mol. The molecule has 0 saturated heterocycles. The van der Waals surface area contributed by atoms with E-state index in [0.717, 1.165) is 12.8 Å². The van der Waals surface area contributed by atoms with Crippen molar-refractivity contribution in [2.45, 2.75) is 53.4 Å². The van der Waals surface area contributed by atoms with Crippen LogP contribution >= 0.6 is 0 Å². The molecule has 0 radical (unpaired) electrons. The van der Waals surface area contributed by atoms with Gasteiger partial charge in [-0.15, -0.1) is 0 Å². The standard InChI is InChI=1S/C14H23NO3/c1-6-10(5)8-11-15-12(9(3)4)13(18-11)14(16)17-7-2/h9-10H,6-8H2,1-5H3. The van der Waals surface area contributed by atoms with Crippen LogP contribution in [-0.4, -0.2) is 17.6 Å².